The minimum absolute atomic E-state index is 0.986. The molecule has 0 bridgehead atoms. The highest BCUT2D eigenvalue weighted by Crippen LogP contribution is 2.64. The van der Waals surface area contributed by atoms with E-state index in [4.69, 9.17) is 0 Å². The normalized spacial score (nSPS) is 16.0. The van der Waals surface area contributed by atoms with E-state index in [1.54, 1.807) is 0 Å². The highest BCUT2D eigenvalue weighted by atomic mass is 19.4. The van der Waals surface area contributed by atoms with E-state index in [2.05, 4.69) is 0 Å². The molecule has 0 spiro atoms. The van der Waals surface area contributed by atoms with Gasteiger partial charge in [0.05, 0.1) is 0 Å². The second-order valence-electron chi connectivity index (χ2n) is 6.89. The molecule has 6 heteroatoms. The fraction of sp³-hybridized carbons (Fsp3) is 1.00. The Morgan fingerprint density at radius 2 is 0.889 bits per heavy atom. The lowest BCUT2D eigenvalue weighted by atomic mass is 9.59. The Hall–Kier alpha value is -0.420. The maximum absolute atomic E-state index is 13.2. The molecule has 0 aliphatic carbocycles. The van der Waals surface area contributed by atoms with Gasteiger partial charge in [-0.3, -0.25) is 0 Å². The van der Waals surface area contributed by atoms with Crippen molar-refractivity contribution in [3.05, 3.63) is 0 Å². The van der Waals surface area contributed by atoms with Crippen LogP contribution in [0.25, 0.3) is 0 Å². The van der Waals surface area contributed by atoms with Gasteiger partial charge in [-0.15, -0.1) is 0 Å². The third-order valence-electron chi connectivity index (χ3n) is 3.04. The number of hydrogen-bond acceptors (Lipinski definition) is 0. The third-order valence-corrected chi connectivity index (χ3v) is 3.04. The average molecular weight is 278 g/mol. The fourth-order valence-electron chi connectivity index (χ4n) is 2.27. The standard InChI is InChI=1S/C12H20F6/c1-8(2,3)7-10(9(4,5)6,11(13,14)15)12(16,17)18/h7H2,1-6H3. The van der Waals surface area contributed by atoms with E-state index in [1.165, 1.54) is 20.8 Å². The minimum Gasteiger partial charge on any atom is -0.170 e. The summed E-state index contributed by atoms with van der Waals surface area (Å²) in [6, 6.07) is 0. The van der Waals surface area contributed by atoms with Crippen molar-refractivity contribution in [2.24, 2.45) is 16.2 Å². The lowest BCUT2D eigenvalue weighted by Crippen LogP contribution is -2.59. The van der Waals surface area contributed by atoms with Gasteiger partial charge in [-0.05, 0) is 17.3 Å². The van der Waals surface area contributed by atoms with E-state index < -0.39 is 35.0 Å². The topological polar surface area (TPSA) is 0 Å². The molecule has 0 atom stereocenters. The lowest BCUT2D eigenvalue weighted by Gasteiger charge is -2.49. The molecule has 18 heavy (non-hydrogen) atoms. The summed E-state index contributed by atoms with van der Waals surface area (Å²) in [5.41, 5.74) is -6.75. The fourth-order valence-corrected chi connectivity index (χ4v) is 2.27. The molecule has 0 aromatic carbocycles. The summed E-state index contributed by atoms with van der Waals surface area (Å²) in [5.74, 6) is 0. The summed E-state index contributed by atoms with van der Waals surface area (Å²) in [5, 5.41) is 0. The molecule has 0 aromatic rings. The number of hydrogen-bond donors (Lipinski definition) is 0. The quantitative estimate of drug-likeness (QED) is 0.549. The van der Waals surface area contributed by atoms with Crippen molar-refractivity contribution in [1.82, 2.24) is 0 Å². The van der Waals surface area contributed by atoms with Gasteiger partial charge in [0.1, 0.15) is 0 Å². The van der Waals surface area contributed by atoms with Crippen LogP contribution in [-0.4, -0.2) is 12.4 Å². The predicted octanol–water partition coefficient (Wildman–Crippen LogP) is 5.58. The monoisotopic (exact) mass is 278 g/mol. The second kappa shape index (κ2) is 4.30. The zero-order valence-electron chi connectivity index (χ0n) is 11.5. The summed E-state index contributed by atoms with van der Waals surface area (Å²) in [7, 11) is 0. The van der Waals surface area contributed by atoms with E-state index >= 15 is 0 Å². The van der Waals surface area contributed by atoms with E-state index in [1.807, 2.05) is 0 Å². The second-order valence-corrected chi connectivity index (χ2v) is 6.89. The zero-order valence-corrected chi connectivity index (χ0v) is 11.5. The predicted molar refractivity (Wildman–Crippen MR) is 58.1 cm³/mol. The van der Waals surface area contributed by atoms with Gasteiger partial charge in [-0.25, -0.2) is 0 Å². The highest BCUT2D eigenvalue weighted by molar-refractivity contribution is 5.03. The number of rotatable bonds is 1. The van der Waals surface area contributed by atoms with E-state index in [9.17, 15) is 26.3 Å². The van der Waals surface area contributed by atoms with Crippen LogP contribution >= 0.6 is 0 Å². The smallest absolute Gasteiger partial charge is 0.170 e. The zero-order chi connectivity index (χ0) is 15.2. The molecule has 0 N–H and O–H groups in total. The van der Waals surface area contributed by atoms with Crippen molar-refractivity contribution >= 4 is 0 Å². The van der Waals surface area contributed by atoms with Gasteiger partial charge in [-0.1, -0.05) is 41.5 Å². The van der Waals surface area contributed by atoms with Crippen molar-refractivity contribution in [3.8, 4) is 0 Å². The van der Waals surface area contributed by atoms with Gasteiger partial charge in [-0.2, -0.15) is 26.3 Å². The van der Waals surface area contributed by atoms with Crippen LogP contribution in [0.5, 0.6) is 0 Å². The Morgan fingerprint density at radius 3 is 0.944 bits per heavy atom. The molecule has 0 rings (SSSR count). The van der Waals surface area contributed by atoms with Crippen LogP contribution in [0.4, 0.5) is 26.3 Å². The van der Waals surface area contributed by atoms with Crippen molar-refractivity contribution in [2.45, 2.75) is 60.3 Å². The Morgan fingerprint density at radius 1 is 0.611 bits per heavy atom. The highest BCUT2D eigenvalue weighted by Gasteiger charge is 2.75. The molecule has 0 fully saturated rings. The van der Waals surface area contributed by atoms with Crippen molar-refractivity contribution < 1.29 is 26.3 Å². The minimum atomic E-state index is -5.34. The van der Waals surface area contributed by atoms with Crippen LogP contribution in [0, 0.1) is 16.2 Å². The van der Waals surface area contributed by atoms with Crippen LogP contribution in [0.1, 0.15) is 48.0 Å². The first kappa shape index (κ1) is 17.6. The molecule has 0 nitrogen and oxygen atoms in total. The van der Waals surface area contributed by atoms with Crippen LogP contribution in [-0.2, 0) is 0 Å². The maximum atomic E-state index is 13.2. The van der Waals surface area contributed by atoms with Gasteiger partial charge in [0.15, 0.2) is 5.41 Å². The molecule has 0 saturated heterocycles. The first-order valence-corrected chi connectivity index (χ1v) is 5.59. The molecule has 0 unspecified atom stereocenters. The van der Waals surface area contributed by atoms with Gasteiger partial charge in [0.2, 0.25) is 0 Å². The van der Waals surface area contributed by atoms with E-state index in [-0.39, 0.29) is 0 Å². The summed E-state index contributed by atoms with van der Waals surface area (Å²) in [6.45, 7) is 7.10. The maximum Gasteiger partial charge on any atom is 0.403 e. The number of halogens is 6. The van der Waals surface area contributed by atoms with Gasteiger partial charge >= 0.3 is 12.4 Å². The average Bonchev–Trinajstić information content (AvgIpc) is 1.90. The number of alkyl halides is 6. The van der Waals surface area contributed by atoms with Crippen LogP contribution in [0.15, 0.2) is 0 Å². The molecule has 0 aliphatic heterocycles. The SMILES string of the molecule is CC(C)(C)CC(C(C)(C)C)(C(F)(F)F)C(F)(F)F. The molecule has 110 valence electrons. The summed E-state index contributed by atoms with van der Waals surface area (Å²) >= 11 is 0. The summed E-state index contributed by atoms with van der Waals surface area (Å²) in [4.78, 5) is 0. The Labute approximate surface area is 104 Å². The molecule has 0 heterocycles. The van der Waals surface area contributed by atoms with E-state index in [0.717, 1.165) is 20.8 Å². The largest absolute Gasteiger partial charge is 0.403 e. The summed E-state index contributed by atoms with van der Waals surface area (Å²) in [6.07, 6.45) is -11.7. The molecule has 0 saturated carbocycles. The molecule has 0 amide bonds. The first-order chi connectivity index (χ1) is 7.46. The van der Waals surface area contributed by atoms with Crippen molar-refractivity contribution in [3.63, 3.8) is 0 Å². The molecule has 0 radical (unpaired) electrons. The van der Waals surface area contributed by atoms with Crippen LogP contribution in [0.3, 0.4) is 0 Å². The molecular weight excluding hydrogens is 258 g/mol. The molecule has 0 aromatic heterocycles. The summed E-state index contributed by atoms with van der Waals surface area (Å²) < 4.78 is 79.1. The third kappa shape index (κ3) is 3.12. The van der Waals surface area contributed by atoms with E-state index in [0.29, 0.717) is 0 Å². The van der Waals surface area contributed by atoms with Crippen molar-refractivity contribution in [1.29, 1.82) is 0 Å². The molecule has 0 aliphatic rings. The van der Waals surface area contributed by atoms with Gasteiger partial charge < -0.3 is 0 Å². The van der Waals surface area contributed by atoms with Gasteiger partial charge in [0.25, 0.3) is 0 Å². The first-order valence-electron chi connectivity index (χ1n) is 5.59. The van der Waals surface area contributed by atoms with Crippen molar-refractivity contribution in [2.75, 3.05) is 0 Å². The lowest BCUT2D eigenvalue weighted by molar-refractivity contribution is -0.379. The Bertz CT molecular complexity index is 248. The molecular formula is C12H20F6. The Kier molecular flexibility index (Phi) is 4.20. The van der Waals surface area contributed by atoms with Gasteiger partial charge in [0, 0.05) is 0 Å². The van der Waals surface area contributed by atoms with Crippen LogP contribution in [0.2, 0.25) is 0 Å². The van der Waals surface area contributed by atoms with Crippen LogP contribution < -0.4 is 0 Å². The Balaban J connectivity index is 6.10.